The molecule has 2 unspecified atom stereocenters. The van der Waals surface area contributed by atoms with Crippen molar-refractivity contribution in [2.45, 2.75) is 37.2 Å². The highest BCUT2D eigenvalue weighted by Crippen LogP contribution is 2.17. The van der Waals surface area contributed by atoms with E-state index in [1.165, 1.54) is 18.2 Å². The average molecular weight is 432 g/mol. The Morgan fingerprint density at radius 3 is 2.50 bits per heavy atom. The van der Waals surface area contributed by atoms with Crippen molar-refractivity contribution in [2.24, 2.45) is 5.92 Å². The minimum Gasteiger partial charge on any atom is -0.350 e. The van der Waals surface area contributed by atoms with Gasteiger partial charge in [0, 0.05) is 24.2 Å². The number of carbonyl (C=O) groups is 1. The Balaban J connectivity index is 2.09. The standard InChI is InChI=1S/C18H29N3O5S2/c1-13(2)17(21(3)4)11-19-18(22)14-6-5-7-16(10-14)28(25,26)20-15-8-9-27(23,24)12-15/h5-7,10,13,15,17,20H,8-9,11-12H2,1-4H3,(H,19,22). The monoisotopic (exact) mass is 431 g/mol. The van der Waals surface area contributed by atoms with E-state index in [-0.39, 0.29) is 40.3 Å². The third-order valence-electron chi connectivity index (χ3n) is 4.87. The molecule has 158 valence electrons. The maximum absolute atomic E-state index is 12.6. The lowest BCUT2D eigenvalue weighted by Crippen LogP contribution is -2.43. The van der Waals surface area contributed by atoms with Crippen LogP contribution in [0.2, 0.25) is 0 Å². The third-order valence-corrected chi connectivity index (χ3v) is 8.15. The molecule has 10 heteroatoms. The van der Waals surface area contributed by atoms with Gasteiger partial charge in [0.15, 0.2) is 9.84 Å². The molecular formula is C18H29N3O5S2. The van der Waals surface area contributed by atoms with Crippen LogP contribution in [0.3, 0.4) is 0 Å². The van der Waals surface area contributed by atoms with E-state index in [1.807, 2.05) is 19.0 Å². The van der Waals surface area contributed by atoms with Crippen LogP contribution >= 0.6 is 0 Å². The normalized spacial score (nSPS) is 20.4. The van der Waals surface area contributed by atoms with Gasteiger partial charge in [-0.15, -0.1) is 0 Å². The minimum atomic E-state index is -3.91. The number of likely N-dealkylation sites (N-methyl/N-ethyl adjacent to an activating group) is 1. The van der Waals surface area contributed by atoms with E-state index in [9.17, 15) is 21.6 Å². The summed E-state index contributed by atoms with van der Waals surface area (Å²) in [7, 11) is -3.22. The molecule has 1 saturated heterocycles. The van der Waals surface area contributed by atoms with Gasteiger partial charge in [0.2, 0.25) is 10.0 Å². The molecule has 1 aromatic carbocycles. The first-order chi connectivity index (χ1) is 12.9. The van der Waals surface area contributed by atoms with Gasteiger partial charge in [-0.3, -0.25) is 4.79 Å². The molecule has 1 fully saturated rings. The lowest BCUT2D eigenvalue weighted by Gasteiger charge is -2.28. The van der Waals surface area contributed by atoms with Crippen LogP contribution in [-0.2, 0) is 19.9 Å². The van der Waals surface area contributed by atoms with Crippen molar-refractivity contribution in [3.8, 4) is 0 Å². The van der Waals surface area contributed by atoms with Crippen LogP contribution < -0.4 is 10.0 Å². The number of sulfonamides is 1. The van der Waals surface area contributed by atoms with Crippen LogP contribution in [0.25, 0.3) is 0 Å². The van der Waals surface area contributed by atoms with Crippen molar-refractivity contribution >= 4 is 25.8 Å². The van der Waals surface area contributed by atoms with Gasteiger partial charge in [-0.05, 0) is 44.6 Å². The average Bonchev–Trinajstić information content (AvgIpc) is 2.92. The quantitative estimate of drug-likeness (QED) is 0.619. The van der Waals surface area contributed by atoms with Crippen LogP contribution in [-0.4, -0.2) is 71.9 Å². The fourth-order valence-corrected chi connectivity index (χ4v) is 6.39. The fraction of sp³-hybridized carbons (Fsp3) is 0.611. The predicted octanol–water partition coefficient (Wildman–Crippen LogP) is 0.468. The number of rotatable bonds is 8. The first kappa shape index (κ1) is 22.8. The summed E-state index contributed by atoms with van der Waals surface area (Å²) in [5.41, 5.74) is 0.239. The number of sulfone groups is 1. The number of amides is 1. The molecule has 0 spiro atoms. The molecular weight excluding hydrogens is 402 g/mol. The number of nitrogens with zero attached hydrogens (tertiary/aromatic N) is 1. The first-order valence-corrected chi connectivity index (χ1v) is 12.5. The molecule has 8 nitrogen and oxygen atoms in total. The van der Waals surface area contributed by atoms with Crippen molar-refractivity contribution in [2.75, 3.05) is 32.1 Å². The molecule has 1 amide bonds. The number of carbonyl (C=O) groups excluding carboxylic acids is 1. The third kappa shape index (κ3) is 6.00. The smallest absolute Gasteiger partial charge is 0.251 e. The largest absolute Gasteiger partial charge is 0.350 e. The Bertz CT molecular complexity index is 903. The minimum absolute atomic E-state index is 0.0223. The Labute approximate surface area is 167 Å². The van der Waals surface area contributed by atoms with Crippen molar-refractivity contribution < 1.29 is 21.6 Å². The number of hydrogen-bond acceptors (Lipinski definition) is 6. The summed E-state index contributed by atoms with van der Waals surface area (Å²) < 4.78 is 50.7. The van der Waals surface area contributed by atoms with E-state index in [1.54, 1.807) is 6.07 Å². The summed E-state index contributed by atoms with van der Waals surface area (Å²) in [5, 5.41) is 2.85. The number of benzene rings is 1. The zero-order valence-electron chi connectivity index (χ0n) is 16.7. The maximum Gasteiger partial charge on any atom is 0.251 e. The second-order valence-corrected chi connectivity index (χ2v) is 11.7. The van der Waals surface area contributed by atoms with E-state index in [2.05, 4.69) is 23.9 Å². The highest BCUT2D eigenvalue weighted by atomic mass is 32.2. The SMILES string of the molecule is CC(C)C(CNC(=O)c1cccc(S(=O)(=O)NC2CCS(=O)(=O)C2)c1)N(C)C. The summed E-state index contributed by atoms with van der Waals surface area (Å²) in [6, 6.07) is 5.26. The molecule has 2 rings (SSSR count). The molecule has 0 aromatic heterocycles. The second-order valence-electron chi connectivity index (χ2n) is 7.73. The molecule has 0 radical (unpaired) electrons. The van der Waals surface area contributed by atoms with Gasteiger partial charge in [0.25, 0.3) is 5.91 Å². The molecule has 2 atom stereocenters. The number of nitrogens with one attached hydrogen (secondary N) is 2. The summed E-state index contributed by atoms with van der Waals surface area (Å²) in [4.78, 5) is 14.5. The molecule has 2 N–H and O–H groups in total. The lowest BCUT2D eigenvalue weighted by atomic mass is 10.0. The zero-order chi connectivity index (χ0) is 21.1. The Hall–Kier alpha value is -1.49. The van der Waals surface area contributed by atoms with Crippen molar-refractivity contribution in [3.05, 3.63) is 29.8 Å². The maximum atomic E-state index is 12.6. The van der Waals surface area contributed by atoms with E-state index in [4.69, 9.17) is 0 Å². The number of hydrogen-bond donors (Lipinski definition) is 2. The Morgan fingerprint density at radius 1 is 1.29 bits per heavy atom. The van der Waals surface area contributed by atoms with E-state index in [0.29, 0.717) is 12.5 Å². The van der Waals surface area contributed by atoms with Gasteiger partial charge < -0.3 is 10.2 Å². The van der Waals surface area contributed by atoms with Gasteiger partial charge in [0.05, 0.1) is 16.4 Å². The van der Waals surface area contributed by atoms with E-state index < -0.39 is 25.9 Å². The highest BCUT2D eigenvalue weighted by Gasteiger charge is 2.31. The predicted molar refractivity (Wildman–Crippen MR) is 108 cm³/mol. The second kappa shape index (κ2) is 8.89. The first-order valence-electron chi connectivity index (χ1n) is 9.19. The Kier molecular flexibility index (Phi) is 7.24. The molecule has 28 heavy (non-hydrogen) atoms. The highest BCUT2D eigenvalue weighted by molar-refractivity contribution is 7.92. The molecule has 0 saturated carbocycles. The summed E-state index contributed by atoms with van der Waals surface area (Å²) in [6.07, 6.45) is 0.253. The van der Waals surface area contributed by atoms with Crippen LogP contribution in [0, 0.1) is 5.92 Å². The topological polar surface area (TPSA) is 113 Å². The van der Waals surface area contributed by atoms with Gasteiger partial charge >= 0.3 is 0 Å². The fourth-order valence-electron chi connectivity index (χ4n) is 3.29. The van der Waals surface area contributed by atoms with Gasteiger partial charge in [-0.25, -0.2) is 21.6 Å². The van der Waals surface area contributed by atoms with Crippen LogP contribution in [0.15, 0.2) is 29.2 Å². The molecule has 1 heterocycles. The van der Waals surface area contributed by atoms with Crippen molar-refractivity contribution in [1.82, 2.24) is 14.9 Å². The van der Waals surface area contributed by atoms with Gasteiger partial charge in [0.1, 0.15) is 0 Å². The molecule has 1 aliphatic heterocycles. The van der Waals surface area contributed by atoms with Gasteiger partial charge in [-0.2, -0.15) is 0 Å². The van der Waals surface area contributed by atoms with Crippen LogP contribution in [0.4, 0.5) is 0 Å². The molecule has 0 aliphatic carbocycles. The lowest BCUT2D eigenvalue weighted by molar-refractivity contribution is 0.0934. The summed E-state index contributed by atoms with van der Waals surface area (Å²) in [6.45, 7) is 4.58. The Morgan fingerprint density at radius 2 is 1.96 bits per heavy atom. The van der Waals surface area contributed by atoms with Crippen LogP contribution in [0.5, 0.6) is 0 Å². The summed E-state index contributed by atoms with van der Waals surface area (Å²) in [5.74, 6) is -0.235. The molecule has 1 aromatic rings. The van der Waals surface area contributed by atoms with E-state index >= 15 is 0 Å². The van der Waals surface area contributed by atoms with Crippen LogP contribution in [0.1, 0.15) is 30.6 Å². The molecule has 1 aliphatic rings. The molecule has 0 bridgehead atoms. The van der Waals surface area contributed by atoms with E-state index in [0.717, 1.165) is 0 Å². The van der Waals surface area contributed by atoms with Gasteiger partial charge in [-0.1, -0.05) is 19.9 Å². The summed E-state index contributed by atoms with van der Waals surface area (Å²) >= 11 is 0. The zero-order valence-corrected chi connectivity index (χ0v) is 18.3. The van der Waals surface area contributed by atoms with Crippen molar-refractivity contribution in [1.29, 1.82) is 0 Å². The van der Waals surface area contributed by atoms with Crippen molar-refractivity contribution in [3.63, 3.8) is 0 Å².